The van der Waals surface area contributed by atoms with E-state index >= 15 is 0 Å². The lowest BCUT2D eigenvalue weighted by Crippen LogP contribution is -2.01. The third-order valence-electron chi connectivity index (χ3n) is 4.83. The van der Waals surface area contributed by atoms with Crippen molar-refractivity contribution < 1.29 is 4.74 Å². The molecule has 0 amide bonds. The molecule has 0 N–H and O–H groups in total. The summed E-state index contributed by atoms with van der Waals surface area (Å²) in [6.07, 6.45) is 3.48. The fourth-order valence-electron chi connectivity index (χ4n) is 3.40. The Balaban J connectivity index is 1.66. The van der Waals surface area contributed by atoms with Crippen LogP contribution in [0.5, 0.6) is 5.75 Å². The van der Waals surface area contributed by atoms with Crippen molar-refractivity contribution in [3.8, 4) is 22.8 Å². The van der Waals surface area contributed by atoms with Gasteiger partial charge in [-0.05, 0) is 49.7 Å². The minimum absolute atomic E-state index is 0.635. The van der Waals surface area contributed by atoms with E-state index in [1.165, 1.54) is 5.56 Å². The zero-order chi connectivity index (χ0) is 19.3. The number of fused-ring (bicyclic) bond motifs is 3. The zero-order valence-corrected chi connectivity index (χ0v) is 15.8. The molecule has 0 spiro atoms. The summed E-state index contributed by atoms with van der Waals surface area (Å²) in [5.41, 5.74) is 5.77. The molecule has 0 atom stereocenters. The van der Waals surface area contributed by atoms with E-state index in [1.807, 2.05) is 28.9 Å². The molecule has 0 radical (unpaired) electrons. The van der Waals surface area contributed by atoms with Crippen molar-refractivity contribution in [1.82, 2.24) is 29.4 Å². The van der Waals surface area contributed by atoms with Crippen molar-refractivity contribution in [3.05, 3.63) is 66.1 Å². The zero-order valence-electron chi connectivity index (χ0n) is 15.8. The van der Waals surface area contributed by atoms with Gasteiger partial charge in [0, 0.05) is 5.56 Å². The quantitative estimate of drug-likeness (QED) is 0.484. The second kappa shape index (κ2) is 6.16. The Labute approximate surface area is 161 Å². The SMILES string of the molecule is COc1ccc(-c2nc3c4cnn(-c5ccc(C)cc5C)c4ncn3n2)cc1. The second-order valence-corrected chi connectivity index (χ2v) is 6.76. The van der Waals surface area contributed by atoms with E-state index in [0.717, 1.165) is 39.2 Å². The van der Waals surface area contributed by atoms with Gasteiger partial charge in [-0.25, -0.2) is 19.2 Å². The lowest BCUT2D eigenvalue weighted by Gasteiger charge is -2.07. The fraction of sp³-hybridized carbons (Fsp3) is 0.143. The van der Waals surface area contributed by atoms with Gasteiger partial charge < -0.3 is 4.74 Å². The summed E-state index contributed by atoms with van der Waals surface area (Å²) in [5.74, 6) is 1.43. The molecule has 0 aliphatic heterocycles. The molecular formula is C21H18N6O. The number of hydrogen-bond donors (Lipinski definition) is 0. The van der Waals surface area contributed by atoms with Crippen LogP contribution in [0.4, 0.5) is 0 Å². The monoisotopic (exact) mass is 370 g/mol. The first-order chi connectivity index (χ1) is 13.6. The molecule has 7 nitrogen and oxygen atoms in total. The number of nitrogens with zero attached hydrogens (tertiary/aromatic N) is 6. The van der Waals surface area contributed by atoms with E-state index in [4.69, 9.17) is 9.72 Å². The molecule has 3 aromatic heterocycles. The second-order valence-electron chi connectivity index (χ2n) is 6.76. The van der Waals surface area contributed by atoms with Gasteiger partial charge >= 0.3 is 0 Å². The average molecular weight is 370 g/mol. The highest BCUT2D eigenvalue weighted by Gasteiger charge is 2.15. The van der Waals surface area contributed by atoms with Crippen molar-refractivity contribution >= 4 is 16.7 Å². The lowest BCUT2D eigenvalue weighted by atomic mass is 10.1. The van der Waals surface area contributed by atoms with Gasteiger partial charge in [-0.15, -0.1) is 5.10 Å². The Hall–Kier alpha value is -3.74. The average Bonchev–Trinajstić information content (AvgIpc) is 3.32. The van der Waals surface area contributed by atoms with Gasteiger partial charge in [0.25, 0.3) is 0 Å². The molecule has 5 aromatic rings. The van der Waals surface area contributed by atoms with Crippen molar-refractivity contribution in [1.29, 1.82) is 0 Å². The first-order valence-corrected chi connectivity index (χ1v) is 8.95. The molecular weight excluding hydrogens is 352 g/mol. The number of benzene rings is 2. The third-order valence-corrected chi connectivity index (χ3v) is 4.83. The third kappa shape index (κ3) is 2.51. The van der Waals surface area contributed by atoms with Gasteiger partial charge in [-0.1, -0.05) is 17.7 Å². The summed E-state index contributed by atoms with van der Waals surface area (Å²) in [4.78, 5) is 9.31. The molecule has 0 aliphatic rings. The Kier molecular flexibility index (Phi) is 3.61. The van der Waals surface area contributed by atoms with Crippen LogP contribution in [0.3, 0.4) is 0 Å². The molecule has 0 aliphatic carbocycles. The highest BCUT2D eigenvalue weighted by Crippen LogP contribution is 2.25. The van der Waals surface area contributed by atoms with Crippen LogP contribution in [-0.2, 0) is 0 Å². The summed E-state index contributed by atoms with van der Waals surface area (Å²) < 4.78 is 8.76. The Morgan fingerprint density at radius 3 is 2.54 bits per heavy atom. The van der Waals surface area contributed by atoms with Gasteiger partial charge in [0.2, 0.25) is 0 Å². The van der Waals surface area contributed by atoms with E-state index in [2.05, 4.69) is 47.2 Å². The fourth-order valence-corrected chi connectivity index (χ4v) is 3.40. The van der Waals surface area contributed by atoms with Gasteiger partial charge in [-0.3, -0.25) is 0 Å². The van der Waals surface area contributed by atoms with Crippen molar-refractivity contribution in [2.75, 3.05) is 7.11 Å². The normalized spacial score (nSPS) is 11.4. The Morgan fingerprint density at radius 2 is 1.79 bits per heavy atom. The van der Waals surface area contributed by atoms with Crippen molar-refractivity contribution in [2.45, 2.75) is 13.8 Å². The molecule has 138 valence electrons. The van der Waals surface area contributed by atoms with Gasteiger partial charge in [0.15, 0.2) is 17.1 Å². The number of methoxy groups -OCH3 is 1. The highest BCUT2D eigenvalue weighted by molar-refractivity contribution is 5.90. The van der Waals surface area contributed by atoms with Crippen LogP contribution in [0.1, 0.15) is 11.1 Å². The molecule has 0 saturated heterocycles. The maximum atomic E-state index is 5.22. The molecule has 0 fully saturated rings. The molecule has 0 unspecified atom stereocenters. The van der Waals surface area contributed by atoms with Gasteiger partial charge in [-0.2, -0.15) is 5.10 Å². The van der Waals surface area contributed by atoms with Crippen LogP contribution in [0.15, 0.2) is 55.0 Å². The number of aryl methyl sites for hydroxylation is 2. The minimum Gasteiger partial charge on any atom is -0.497 e. The smallest absolute Gasteiger partial charge is 0.182 e. The van der Waals surface area contributed by atoms with Gasteiger partial charge in [0.05, 0.1) is 24.4 Å². The summed E-state index contributed by atoms with van der Waals surface area (Å²) in [7, 11) is 1.65. The van der Waals surface area contributed by atoms with Crippen LogP contribution in [0.2, 0.25) is 0 Å². The largest absolute Gasteiger partial charge is 0.497 e. The summed E-state index contributed by atoms with van der Waals surface area (Å²) in [5, 5.41) is 9.99. The summed E-state index contributed by atoms with van der Waals surface area (Å²) in [6, 6.07) is 14.0. The van der Waals surface area contributed by atoms with Crippen molar-refractivity contribution in [2.24, 2.45) is 0 Å². The predicted molar refractivity (Wildman–Crippen MR) is 107 cm³/mol. The van der Waals surface area contributed by atoms with Crippen LogP contribution in [0.25, 0.3) is 33.8 Å². The molecule has 2 aromatic carbocycles. The molecule has 0 saturated carbocycles. The Morgan fingerprint density at radius 1 is 0.964 bits per heavy atom. The van der Waals surface area contributed by atoms with Crippen LogP contribution in [-0.4, -0.2) is 36.5 Å². The maximum absolute atomic E-state index is 5.22. The minimum atomic E-state index is 0.635. The lowest BCUT2D eigenvalue weighted by molar-refractivity contribution is 0.415. The molecule has 0 bridgehead atoms. The van der Waals surface area contributed by atoms with E-state index in [0.29, 0.717) is 5.82 Å². The molecule has 28 heavy (non-hydrogen) atoms. The van der Waals surface area contributed by atoms with E-state index < -0.39 is 0 Å². The standard InChI is InChI=1S/C21H18N6O/c1-13-4-9-18(14(2)10-13)27-20-17(11-23-27)21-24-19(25-26(21)12-22-20)15-5-7-16(28-3)8-6-15/h4-12H,1-3H3. The van der Waals surface area contributed by atoms with E-state index in [-0.39, 0.29) is 0 Å². The first-order valence-electron chi connectivity index (χ1n) is 8.95. The summed E-state index contributed by atoms with van der Waals surface area (Å²) in [6.45, 7) is 4.16. The number of ether oxygens (including phenoxy) is 1. The van der Waals surface area contributed by atoms with E-state index in [9.17, 15) is 0 Å². The van der Waals surface area contributed by atoms with Crippen LogP contribution < -0.4 is 4.74 Å². The highest BCUT2D eigenvalue weighted by atomic mass is 16.5. The Bertz CT molecular complexity index is 1320. The number of hydrogen-bond acceptors (Lipinski definition) is 5. The van der Waals surface area contributed by atoms with Crippen LogP contribution in [0, 0.1) is 13.8 Å². The molecule has 7 heteroatoms. The van der Waals surface area contributed by atoms with Crippen molar-refractivity contribution in [3.63, 3.8) is 0 Å². The first kappa shape index (κ1) is 16.4. The number of aromatic nitrogens is 6. The van der Waals surface area contributed by atoms with E-state index in [1.54, 1.807) is 24.1 Å². The summed E-state index contributed by atoms with van der Waals surface area (Å²) >= 11 is 0. The topological polar surface area (TPSA) is 70.1 Å². The molecule has 3 heterocycles. The van der Waals surface area contributed by atoms with Crippen LogP contribution >= 0.6 is 0 Å². The van der Waals surface area contributed by atoms with Gasteiger partial charge in [0.1, 0.15) is 12.1 Å². The predicted octanol–water partition coefficient (Wildman–Crippen LogP) is 3.76. The maximum Gasteiger partial charge on any atom is 0.182 e. The number of rotatable bonds is 3. The molecule has 5 rings (SSSR count).